The van der Waals surface area contributed by atoms with E-state index in [4.69, 9.17) is 9.97 Å². The molecule has 0 spiro atoms. The van der Waals surface area contributed by atoms with Gasteiger partial charge < -0.3 is 20.9 Å². The fraction of sp³-hybridized carbons (Fsp3) is 0.560. The lowest BCUT2D eigenvalue weighted by atomic mass is 9.91. The summed E-state index contributed by atoms with van der Waals surface area (Å²) in [5, 5.41) is 9.71. The molecule has 3 N–H and O–H groups in total. The predicted octanol–water partition coefficient (Wildman–Crippen LogP) is 3.95. The van der Waals surface area contributed by atoms with Gasteiger partial charge in [0, 0.05) is 38.3 Å². The average Bonchev–Trinajstić information content (AvgIpc) is 2.79. The number of rotatable bonds is 6. The topological polar surface area (TPSA) is 82.2 Å². The number of hydrogen-bond donors (Lipinski definition) is 3. The number of fused-ring (bicyclic) bond motifs is 1. The molecule has 2 aliphatic rings. The van der Waals surface area contributed by atoms with Gasteiger partial charge in [-0.25, -0.2) is 9.78 Å². The molecule has 2 amide bonds. The number of benzene rings is 1. The van der Waals surface area contributed by atoms with Crippen molar-refractivity contribution < 1.29 is 4.79 Å². The lowest BCUT2D eigenvalue weighted by Gasteiger charge is -2.30. The Morgan fingerprint density at radius 1 is 1.03 bits per heavy atom. The van der Waals surface area contributed by atoms with Crippen LogP contribution in [-0.2, 0) is 19.4 Å². The van der Waals surface area contributed by atoms with Crippen LogP contribution in [0.5, 0.6) is 0 Å². The molecule has 7 heteroatoms. The van der Waals surface area contributed by atoms with Crippen molar-refractivity contribution in [2.75, 3.05) is 24.3 Å². The summed E-state index contributed by atoms with van der Waals surface area (Å²) in [6, 6.07) is 8.62. The zero-order valence-electron chi connectivity index (χ0n) is 19.6. The van der Waals surface area contributed by atoms with Gasteiger partial charge in [0.05, 0.1) is 5.69 Å². The summed E-state index contributed by atoms with van der Waals surface area (Å²) < 4.78 is 0. The van der Waals surface area contributed by atoms with Crippen LogP contribution < -0.4 is 20.9 Å². The van der Waals surface area contributed by atoms with Crippen molar-refractivity contribution in [3.63, 3.8) is 0 Å². The van der Waals surface area contributed by atoms with E-state index in [0.29, 0.717) is 12.6 Å². The number of amides is 2. The molecule has 0 saturated heterocycles. The first-order valence-corrected chi connectivity index (χ1v) is 11.9. The third-order valence-electron chi connectivity index (χ3n) is 6.68. The van der Waals surface area contributed by atoms with Gasteiger partial charge in [0.15, 0.2) is 0 Å². The van der Waals surface area contributed by atoms with Crippen LogP contribution in [0.3, 0.4) is 0 Å². The molecule has 1 aromatic heterocycles. The van der Waals surface area contributed by atoms with Gasteiger partial charge in [0.1, 0.15) is 5.82 Å². The third kappa shape index (κ3) is 5.50. The molecular formula is C25H36N6O. The fourth-order valence-corrected chi connectivity index (χ4v) is 4.79. The van der Waals surface area contributed by atoms with Gasteiger partial charge in [0.2, 0.25) is 5.95 Å². The molecule has 1 fully saturated rings. The van der Waals surface area contributed by atoms with E-state index in [2.05, 4.69) is 54.0 Å². The summed E-state index contributed by atoms with van der Waals surface area (Å²) in [5.74, 6) is 1.81. The van der Waals surface area contributed by atoms with Crippen LogP contribution in [0.2, 0.25) is 0 Å². The Morgan fingerprint density at radius 3 is 2.50 bits per heavy atom. The van der Waals surface area contributed by atoms with Crippen LogP contribution in [0.4, 0.5) is 16.6 Å². The average molecular weight is 437 g/mol. The SMILES string of the molecule is Cc1ccccc1CNC(=O)N[C@H]1CC[C@@H](Nc2nc3c(c(N(C)C)n2)CCCC3)CC1. The molecule has 0 bridgehead atoms. The highest BCUT2D eigenvalue weighted by Gasteiger charge is 2.24. The Bertz CT molecular complexity index is 936. The van der Waals surface area contributed by atoms with Crippen LogP contribution in [0.15, 0.2) is 24.3 Å². The smallest absolute Gasteiger partial charge is 0.315 e. The second-order valence-electron chi connectivity index (χ2n) is 9.34. The maximum absolute atomic E-state index is 12.3. The Labute approximate surface area is 191 Å². The zero-order valence-corrected chi connectivity index (χ0v) is 19.6. The number of urea groups is 1. The molecule has 1 saturated carbocycles. The molecule has 2 aliphatic carbocycles. The number of nitrogens with zero attached hydrogens (tertiary/aromatic N) is 3. The third-order valence-corrected chi connectivity index (χ3v) is 6.68. The van der Waals surface area contributed by atoms with E-state index >= 15 is 0 Å². The molecule has 0 unspecified atom stereocenters. The van der Waals surface area contributed by atoms with Crippen molar-refractivity contribution in [1.29, 1.82) is 0 Å². The van der Waals surface area contributed by atoms with Gasteiger partial charge in [-0.2, -0.15) is 4.98 Å². The van der Waals surface area contributed by atoms with E-state index in [1.54, 1.807) is 0 Å². The molecule has 1 aromatic carbocycles. The van der Waals surface area contributed by atoms with Crippen molar-refractivity contribution in [3.8, 4) is 0 Å². The van der Waals surface area contributed by atoms with E-state index in [1.807, 2.05) is 12.1 Å². The van der Waals surface area contributed by atoms with E-state index in [1.165, 1.54) is 29.7 Å². The quantitative estimate of drug-likeness (QED) is 0.639. The summed E-state index contributed by atoms with van der Waals surface area (Å²) in [6.45, 7) is 2.62. The van der Waals surface area contributed by atoms with Gasteiger partial charge in [0.25, 0.3) is 0 Å². The van der Waals surface area contributed by atoms with E-state index in [9.17, 15) is 4.79 Å². The van der Waals surface area contributed by atoms with Crippen LogP contribution in [0, 0.1) is 6.92 Å². The zero-order chi connectivity index (χ0) is 22.5. The van der Waals surface area contributed by atoms with Crippen LogP contribution in [-0.4, -0.2) is 42.2 Å². The molecule has 172 valence electrons. The molecular weight excluding hydrogens is 400 g/mol. The first kappa shape index (κ1) is 22.4. The van der Waals surface area contributed by atoms with E-state index in [-0.39, 0.29) is 12.1 Å². The molecule has 0 radical (unpaired) electrons. The van der Waals surface area contributed by atoms with Crippen molar-refractivity contribution in [1.82, 2.24) is 20.6 Å². The minimum Gasteiger partial charge on any atom is -0.362 e. The molecule has 7 nitrogen and oxygen atoms in total. The molecule has 0 aliphatic heterocycles. The monoisotopic (exact) mass is 436 g/mol. The van der Waals surface area contributed by atoms with Crippen molar-refractivity contribution in [2.45, 2.75) is 76.9 Å². The highest BCUT2D eigenvalue weighted by Crippen LogP contribution is 2.29. The van der Waals surface area contributed by atoms with Crippen molar-refractivity contribution in [2.24, 2.45) is 0 Å². The minimum absolute atomic E-state index is 0.0849. The predicted molar refractivity (Wildman–Crippen MR) is 129 cm³/mol. The first-order chi connectivity index (χ1) is 15.5. The van der Waals surface area contributed by atoms with Crippen molar-refractivity contribution in [3.05, 3.63) is 46.6 Å². The Hall–Kier alpha value is -2.83. The molecule has 1 heterocycles. The number of carbonyl (C=O) groups excluding carboxylic acids is 1. The highest BCUT2D eigenvalue weighted by molar-refractivity contribution is 5.74. The number of aromatic nitrogens is 2. The number of nitrogens with one attached hydrogen (secondary N) is 3. The molecule has 0 atom stereocenters. The largest absolute Gasteiger partial charge is 0.362 e. The van der Waals surface area contributed by atoms with Crippen LogP contribution >= 0.6 is 0 Å². The molecule has 2 aromatic rings. The summed E-state index contributed by atoms with van der Waals surface area (Å²) in [6.07, 6.45) is 8.47. The van der Waals surface area contributed by atoms with Crippen LogP contribution in [0.25, 0.3) is 0 Å². The maximum atomic E-state index is 12.3. The van der Waals surface area contributed by atoms with Gasteiger partial charge >= 0.3 is 6.03 Å². The van der Waals surface area contributed by atoms with E-state index < -0.39 is 0 Å². The number of anilines is 2. The number of aryl methyl sites for hydroxylation is 2. The lowest BCUT2D eigenvalue weighted by molar-refractivity contribution is 0.231. The van der Waals surface area contributed by atoms with Gasteiger partial charge in [-0.05, 0) is 69.4 Å². The number of carbonyl (C=O) groups is 1. The number of hydrogen-bond acceptors (Lipinski definition) is 5. The Morgan fingerprint density at radius 2 is 1.75 bits per heavy atom. The summed E-state index contributed by atoms with van der Waals surface area (Å²) in [4.78, 5) is 24.1. The highest BCUT2D eigenvalue weighted by atomic mass is 16.2. The maximum Gasteiger partial charge on any atom is 0.315 e. The second-order valence-corrected chi connectivity index (χ2v) is 9.34. The van der Waals surface area contributed by atoms with Crippen molar-refractivity contribution >= 4 is 17.8 Å². The van der Waals surface area contributed by atoms with Gasteiger partial charge in [-0.3, -0.25) is 0 Å². The minimum atomic E-state index is -0.0849. The summed E-state index contributed by atoms with van der Waals surface area (Å²) >= 11 is 0. The summed E-state index contributed by atoms with van der Waals surface area (Å²) in [5.41, 5.74) is 4.87. The Kier molecular flexibility index (Phi) is 7.12. The summed E-state index contributed by atoms with van der Waals surface area (Å²) in [7, 11) is 4.12. The Balaban J connectivity index is 1.26. The molecule has 4 rings (SSSR count). The first-order valence-electron chi connectivity index (χ1n) is 11.9. The molecule has 32 heavy (non-hydrogen) atoms. The fourth-order valence-electron chi connectivity index (χ4n) is 4.79. The van der Waals surface area contributed by atoms with Gasteiger partial charge in [-0.1, -0.05) is 24.3 Å². The van der Waals surface area contributed by atoms with Crippen LogP contribution in [0.1, 0.15) is 60.9 Å². The standard InChI is InChI=1S/C25H36N6O/c1-17-8-4-5-9-18(17)16-26-25(32)28-20-14-12-19(13-15-20)27-24-29-22-11-7-6-10-21(22)23(30-24)31(2)3/h4-5,8-9,19-20H,6-7,10-16H2,1-3H3,(H2,26,28,32)(H,27,29,30)/t19-,20+. The lowest BCUT2D eigenvalue weighted by Crippen LogP contribution is -2.44. The normalized spacial score (nSPS) is 20.2. The van der Waals surface area contributed by atoms with Gasteiger partial charge in [-0.15, -0.1) is 0 Å². The van der Waals surface area contributed by atoms with E-state index in [0.717, 1.165) is 55.9 Å². The second kappa shape index (κ2) is 10.2.